The van der Waals surface area contributed by atoms with Crippen molar-refractivity contribution in [2.45, 2.75) is 24.2 Å². The normalized spacial score (nSPS) is 26.2. The fourth-order valence-electron chi connectivity index (χ4n) is 3.51. The number of halogens is 2. The summed E-state index contributed by atoms with van der Waals surface area (Å²) in [6.07, 6.45) is 2.07. The van der Waals surface area contributed by atoms with E-state index in [-0.39, 0.29) is 28.9 Å². The van der Waals surface area contributed by atoms with E-state index in [1.54, 1.807) is 11.9 Å². The number of hydrogen-bond donors (Lipinski definition) is 0. The molecule has 0 N–H and O–H groups in total. The zero-order valence-electron chi connectivity index (χ0n) is 12.8. The minimum Gasteiger partial charge on any atom is -0.345 e. The lowest BCUT2D eigenvalue weighted by atomic mass is 9.78. The minimum atomic E-state index is -3.84. The van der Waals surface area contributed by atoms with Gasteiger partial charge in [0.2, 0.25) is 15.9 Å². The zero-order valence-corrected chi connectivity index (χ0v) is 14.3. The SMILES string of the molecule is CN1CCC[C@]2(CCN(S(=O)(=O)c3ccc(F)cc3Cl)C2)C1=O. The third kappa shape index (κ3) is 2.75. The summed E-state index contributed by atoms with van der Waals surface area (Å²) >= 11 is 5.90. The highest BCUT2D eigenvalue weighted by atomic mass is 35.5. The van der Waals surface area contributed by atoms with Gasteiger partial charge in [0.1, 0.15) is 10.7 Å². The van der Waals surface area contributed by atoms with E-state index in [1.165, 1.54) is 10.4 Å². The standard InChI is InChI=1S/C15H18ClFN2O3S/c1-18-7-2-5-15(14(18)20)6-8-19(10-15)23(21,22)13-4-3-11(17)9-12(13)16/h3-4,9H,2,5-8,10H2,1H3/t15-/m1/s1. The van der Waals surface area contributed by atoms with Crippen molar-refractivity contribution in [1.29, 1.82) is 0 Å². The first-order valence-electron chi connectivity index (χ1n) is 7.47. The maximum absolute atomic E-state index is 13.1. The molecule has 1 aromatic carbocycles. The number of benzene rings is 1. The van der Waals surface area contributed by atoms with Crippen LogP contribution >= 0.6 is 11.6 Å². The summed E-state index contributed by atoms with van der Waals surface area (Å²) in [5.41, 5.74) is -0.632. The Morgan fingerprint density at radius 2 is 2.00 bits per heavy atom. The number of rotatable bonds is 2. The molecule has 2 heterocycles. The van der Waals surface area contributed by atoms with E-state index >= 15 is 0 Å². The van der Waals surface area contributed by atoms with Crippen molar-refractivity contribution >= 4 is 27.5 Å². The van der Waals surface area contributed by atoms with Gasteiger partial charge in [0.05, 0.1) is 10.4 Å². The first-order chi connectivity index (χ1) is 10.8. The van der Waals surface area contributed by atoms with E-state index < -0.39 is 21.3 Å². The third-order valence-corrected chi connectivity index (χ3v) is 7.11. The molecule has 1 spiro atoms. The molecule has 5 nitrogen and oxygen atoms in total. The van der Waals surface area contributed by atoms with Gasteiger partial charge in [-0.25, -0.2) is 12.8 Å². The summed E-state index contributed by atoms with van der Waals surface area (Å²) in [4.78, 5) is 14.1. The average molecular weight is 361 g/mol. The number of carbonyl (C=O) groups excluding carboxylic acids is 1. The molecule has 0 aliphatic carbocycles. The Hall–Kier alpha value is -1.18. The van der Waals surface area contributed by atoms with Crippen LogP contribution in [0.3, 0.4) is 0 Å². The number of amides is 1. The van der Waals surface area contributed by atoms with Crippen LogP contribution in [-0.2, 0) is 14.8 Å². The predicted octanol–water partition coefficient (Wildman–Crippen LogP) is 2.11. The Bertz CT molecular complexity index is 755. The molecule has 0 unspecified atom stereocenters. The fourth-order valence-corrected chi connectivity index (χ4v) is 5.54. The van der Waals surface area contributed by atoms with Crippen molar-refractivity contribution in [1.82, 2.24) is 9.21 Å². The topological polar surface area (TPSA) is 57.7 Å². The highest BCUT2D eigenvalue weighted by Gasteiger charge is 2.50. The summed E-state index contributed by atoms with van der Waals surface area (Å²) in [5, 5.41) is -0.141. The van der Waals surface area contributed by atoms with Crippen LogP contribution in [0, 0.1) is 11.2 Å². The summed E-state index contributed by atoms with van der Waals surface area (Å²) in [5.74, 6) is -0.581. The van der Waals surface area contributed by atoms with Crippen LogP contribution in [0.4, 0.5) is 4.39 Å². The van der Waals surface area contributed by atoms with Crippen molar-refractivity contribution in [3.05, 3.63) is 29.0 Å². The number of nitrogens with zero attached hydrogens (tertiary/aromatic N) is 2. The molecule has 0 bridgehead atoms. The molecule has 1 amide bonds. The molecule has 2 saturated heterocycles. The van der Waals surface area contributed by atoms with Gasteiger partial charge < -0.3 is 4.90 Å². The molecule has 2 aliphatic rings. The summed E-state index contributed by atoms with van der Waals surface area (Å²) in [7, 11) is -2.09. The van der Waals surface area contributed by atoms with Crippen LogP contribution in [0.2, 0.25) is 5.02 Å². The van der Waals surface area contributed by atoms with Gasteiger partial charge in [-0.05, 0) is 37.5 Å². The molecule has 0 saturated carbocycles. The van der Waals surface area contributed by atoms with Gasteiger partial charge in [0.15, 0.2) is 0 Å². The third-order valence-electron chi connectivity index (χ3n) is 4.78. The number of piperidine rings is 1. The zero-order chi connectivity index (χ0) is 16.8. The molecule has 1 atom stereocenters. The lowest BCUT2D eigenvalue weighted by Gasteiger charge is -2.37. The van der Waals surface area contributed by atoms with Crippen LogP contribution in [0.25, 0.3) is 0 Å². The predicted molar refractivity (Wildman–Crippen MR) is 84.1 cm³/mol. The number of likely N-dealkylation sites (tertiary alicyclic amines) is 1. The summed E-state index contributed by atoms with van der Waals surface area (Å²) in [6.45, 7) is 1.14. The maximum Gasteiger partial charge on any atom is 0.244 e. The van der Waals surface area contributed by atoms with Crippen LogP contribution in [0.15, 0.2) is 23.1 Å². The van der Waals surface area contributed by atoms with Crippen molar-refractivity contribution < 1.29 is 17.6 Å². The Balaban J connectivity index is 1.90. The van der Waals surface area contributed by atoms with Crippen molar-refractivity contribution in [3.8, 4) is 0 Å². The number of carbonyl (C=O) groups is 1. The lowest BCUT2D eigenvalue weighted by molar-refractivity contribution is -0.143. The highest BCUT2D eigenvalue weighted by Crippen LogP contribution is 2.42. The second kappa shape index (κ2) is 5.72. The van der Waals surface area contributed by atoms with Crippen LogP contribution in [0.1, 0.15) is 19.3 Å². The Kier molecular flexibility index (Phi) is 4.14. The summed E-state index contributed by atoms with van der Waals surface area (Å²) in [6, 6.07) is 3.23. The quantitative estimate of drug-likeness (QED) is 0.811. The molecular weight excluding hydrogens is 343 g/mol. The van der Waals surface area contributed by atoms with Gasteiger partial charge in [0, 0.05) is 26.7 Å². The van der Waals surface area contributed by atoms with Crippen LogP contribution in [-0.4, -0.2) is 50.2 Å². The molecule has 1 aromatic rings. The largest absolute Gasteiger partial charge is 0.345 e. The van der Waals surface area contributed by atoms with Gasteiger partial charge in [0.25, 0.3) is 0 Å². The van der Waals surface area contributed by atoms with Gasteiger partial charge >= 0.3 is 0 Å². The minimum absolute atomic E-state index is 0.00616. The van der Waals surface area contributed by atoms with E-state index in [1.807, 2.05) is 0 Å². The van der Waals surface area contributed by atoms with Gasteiger partial charge in [-0.2, -0.15) is 4.31 Å². The van der Waals surface area contributed by atoms with E-state index in [0.29, 0.717) is 19.4 Å². The van der Waals surface area contributed by atoms with Gasteiger partial charge in [-0.3, -0.25) is 4.79 Å². The average Bonchev–Trinajstić information content (AvgIpc) is 2.90. The summed E-state index contributed by atoms with van der Waals surface area (Å²) < 4.78 is 40.0. The Labute approximate surface area is 140 Å². The van der Waals surface area contributed by atoms with Crippen molar-refractivity contribution in [3.63, 3.8) is 0 Å². The monoisotopic (exact) mass is 360 g/mol. The molecule has 3 rings (SSSR count). The van der Waals surface area contributed by atoms with E-state index in [0.717, 1.165) is 18.6 Å². The highest BCUT2D eigenvalue weighted by molar-refractivity contribution is 7.89. The van der Waals surface area contributed by atoms with Gasteiger partial charge in [-0.1, -0.05) is 11.6 Å². The van der Waals surface area contributed by atoms with Crippen LogP contribution in [0.5, 0.6) is 0 Å². The molecule has 8 heteroatoms. The molecular formula is C15H18ClFN2O3S. The fraction of sp³-hybridized carbons (Fsp3) is 0.533. The lowest BCUT2D eigenvalue weighted by Crippen LogP contribution is -2.48. The molecule has 2 aliphatic heterocycles. The second-order valence-corrected chi connectivity index (χ2v) is 8.59. The Morgan fingerprint density at radius 1 is 1.26 bits per heavy atom. The van der Waals surface area contributed by atoms with Crippen LogP contribution < -0.4 is 0 Å². The van der Waals surface area contributed by atoms with E-state index in [9.17, 15) is 17.6 Å². The first kappa shape index (κ1) is 16.7. The molecule has 0 aromatic heterocycles. The Morgan fingerprint density at radius 3 is 2.70 bits per heavy atom. The number of hydrogen-bond acceptors (Lipinski definition) is 3. The van der Waals surface area contributed by atoms with E-state index in [4.69, 9.17) is 11.6 Å². The molecule has 2 fully saturated rings. The van der Waals surface area contributed by atoms with Crippen molar-refractivity contribution in [2.75, 3.05) is 26.7 Å². The second-order valence-electron chi connectivity index (χ2n) is 6.27. The van der Waals surface area contributed by atoms with Crippen molar-refractivity contribution in [2.24, 2.45) is 5.41 Å². The van der Waals surface area contributed by atoms with Gasteiger partial charge in [-0.15, -0.1) is 0 Å². The molecule has 23 heavy (non-hydrogen) atoms. The molecule has 0 radical (unpaired) electrons. The first-order valence-corrected chi connectivity index (χ1v) is 9.29. The molecule has 126 valence electrons. The van der Waals surface area contributed by atoms with E-state index in [2.05, 4.69) is 0 Å². The number of sulfonamides is 1. The smallest absolute Gasteiger partial charge is 0.244 e. The maximum atomic E-state index is 13.1.